The average Bonchev–Trinajstić information content (AvgIpc) is 3.29. The van der Waals surface area contributed by atoms with Crippen LogP contribution in [0, 0.1) is 5.82 Å². The van der Waals surface area contributed by atoms with Crippen LogP contribution in [0.3, 0.4) is 0 Å². The van der Waals surface area contributed by atoms with E-state index in [0.29, 0.717) is 22.1 Å². The highest BCUT2D eigenvalue weighted by Crippen LogP contribution is 2.32. The molecule has 1 aliphatic rings. The summed E-state index contributed by atoms with van der Waals surface area (Å²) in [5.41, 5.74) is 2.84. The fourth-order valence-electron chi connectivity index (χ4n) is 3.21. The molecule has 0 bridgehead atoms. The number of nitrogens with zero attached hydrogens (tertiary/aromatic N) is 2. The minimum absolute atomic E-state index is 0.0301. The molecule has 4 rings (SSSR count). The molecule has 182 valence electrons. The van der Waals surface area contributed by atoms with Crippen molar-refractivity contribution in [1.82, 2.24) is 9.73 Å². The maximum absolute atomic E-state index is 14.4. The van der Waals surface area contributed by atoms with E-state index in [1.807, 2.05) is 0 Å². The monoisotopic (exact) mass is 537 g/mol. The average molecular weight is 538 g/mol. The zero-order valence-electron chi connectivity index (χ0n) is 17.9. The molecular formula is C23H18Cl2FN3O5S. The Balaban J connectivity index is 1.53. The number of rotatable bonds is 8. The second-order valence-electron chi connectivity index (χ2n) is 7.33. The quantitative estimate of drug-likeness (QED) is 0.343. The molecule has 0 radical (unpaired) electrons. The van der Waals surface area contributed by atoms with Crippen molar-refractivity contribution in [1.29, 1.82) is 0 Å². The Labute approximate surface area is 210 Å². The molecule has 3 aromatic carbocycles. The van der Waals surface area contributed by atoms with Crippen molar-refractivity contribution < 1.29 is 27.1 Å². The molecule has 0 spiro atoms. The Morgan fingerprint density at radius 3 is 2.57 bits per heavy atom. The molecule has 0 unspecified atom stereocenters. The standard InChI is InChI=1S/C23H18Cl2FN3O5S/c24-16-5-7-17(8-6-16)35(31,32)29(12-18-19(25)2-1-3-20(18)26)13-23(30)28-27-11-15-4-9-21-22(10-15)34-14-33-21/h1-11H,12-14H2,(H,28,30)/b27-11+. The van der Waals surface area contributed by atoms with Gasteiger partial charge < -0.3 is 9.47 Å². The number of nitrogens with one attached hydrogen (secondary N) is 1. The molecule has 0 saturated heterocycles. The maximum Gasteiger partial charge on any atom is 0.255 e. The predicted molar refractivity (Wildman–Crippen MR) is 129 cm³/mol. The topological polar surface area (TPSA) is 97.3 Å². The maximum atomic E-state index is 14.4. The van der Waals surface area contributed by atoms with Crippen LogP contribution < -0.4 is 14.9 Å². The zero-order valence-corrected chi connectivity index (χ0v) is 20.3. The number of ether oxygens (including phenoxy) is 2. The van der Waals surface area contributed by atoms with E-state index in [1.54, 1.807) is 18.2 Å². The molecule has 0 saturated carbocycles. The number of hydrogen-bond donors (Lipinski definition) is 1. The number of benzene rings is 3. The van der Waals surface area contributed by atoms with Gasteiger partial charge in [-0.05, 0) is 60.2 Å². The first-order valence-corrected chi connectivity index (χ1v) is 12.3. The number of carbonyl (C=O) groups is 1. The number of carbonyl (C=O) groups excluding carboxylic acids is 1. The van der Waals surface area contributed by atoms with Gasteiger partial charge in [-0.25, -0.2) is 18.2 Å². The number of amides is 1. The Morgan fingerprint density at radius 2 is 1.83 bits per heavy atom. The van der Waals surface area contributed by atoms with Gasteiger partial charge in [0.25, 0.3) is 5.91 Å². The summed E-state index contributed by atoms with van der Waals surface area (Å²) >= 11 is 12.0. The molecule has 0 fully saturated rings. The van der Waals surface area contributed by atoms with E-state index in [4.69, 9.17) is 32.7 Å². The first-order valence-electron chi connectivity index (χ1n) is 10.1. The molecule has 1 N–H and O–H groups in total. The number of sulfonamides is 1. The van der Waals surface area contributed by atoms with E-state index in [0.717, 1.165) is 10.4 Å². The lowest BCUT2D eigenvalue weighted by molar-refractivity contribution is -0.121. The summed E-state index contributed by atoms with van der Waals surface area (Å²) in [4.78, 5) is 12.5. The van der Waals surface area contributed by atoms with Gasteiger partial charge in [0.15, 0.2) is 11.5 Å². The van der Waals surface area contributed by atoms with Gasteiger partial charge in [-0.1, -0.05) is 29.3 Å². The fraction of sp³-hybridized carbons (Fsp3) is 0.130. The van der Waals surface area contributed by atoms with Crippen molar-refractivity contribution in [3.05, 3.63) is 87.7 Å². The van der Waals surface area contributed by atoms with Crippen LogP contribution in [-0.2, 0) is 21.4 Å². The highest BCUT2D eigenvalue weighted by atomic mass is 35.5. The molecule has 12 heteroatoms. The largest absolute Gasteiger partial charge is 0.454 e. The van der Waals surface area contributed by atoms with E-state index in [9.17, 15) is 17.6 Å². The van der Waals surface area contributed by atoms with Crippen molar-refractivity contribution in [2.45, 2.75) is 11.4 Å². The first-order chi connectivity index (χ1) is 16.7. The SMILES string of the molecule is O=C(CN(Cc1c(F)cccc1Cl)S(=O)(=O)c1ccc(Cl)cc1)N/N=C/c1ccc2c(c1)OCO2. The molecule has 8 nitrogen and oxygen atoms in total. The van der Waals surface area contributed by atoms with Crippen LogP contribution in [0.25, 0.3) is 0 Å². The Kier molecular flexibility index (Phi) is 7.56. The Bertz CT molecular complexity index is 1360. The lowest BCUT2D eigenvalue weighted by Gasteiger charge is -2.22. The zero-order chi connectivity index (χ0) is 25.0. The van der Waals surface area contributed by atoms with Crippen LogP contribution >= 0.6 is 23.2 Å². The first kappa shape index (κ1) is 24.9. The molecule has 1 aliphatic heterocycles. The van der Waals surface area contributed by atoms with Crippen LogP contribution in [0.4, 0.5) is 4.39 Å². The molecule has 0 atom stereocenters. The van der Waals surface area contributed by atoms with Gasteiger partial charge in [-0.3, -0.25) is 4.79 Å². The summed E-state index contributed by atoms with van der Waals surface area (Å²) in [7, 11) is -4.22. The van der Waals surface area contributed by atoms with Crippen molar-refractivity contribution in [2.24, 2.45) is 5.10 Å². The minimum Gasteiger partial charge on any atom is -0.454 e. The van der Waals surface area contributed by atoms with Gasteiger partial charge in [-0.15, -0.1) is 0 Å². The van der Waals surface area contributed by atoms with E-state index in [2.05, 4.69) is 10.5 Å². The second-order valence-corrected chi connectivity index (χ2v) is 10.1. The van der Waals surface area contributed by atoms with Gasteiger partial charge in [0, 0.05) is 22.2 Å². The summed E-state index contributed by atoms with van der Waals surface area (Å²) in [5, 5.41) is 4.24. The fourth-order valence-corrected chi connectivity index (χ4v) is 4.92. The Morgan fingerprint density at radius 1 is 1.09 bits per heavy atom. The van der Waals surface area contributed by atoms with Crippen LogP contribution in [0.2, 0.25) is 10.0 Å². The highest BCUT2D eigenvalue weighted by Gasteiger charge is 2.28. The molecule has 3 aromatic rings. The van der Waals surface area contributed by atoms with E-state index >= 15 is 0 Å². The van der Waals surface area contributed by atoms with Crippen molar-refractivity contribution in [3.63, 3.8) is 0 Å². The van der Waals surface area contributed by atoms with Crippen LogP contribution in [0.1, 0.15) is 11.1 Å². The third kappa shape index (κ3) is 5.91. The van der Waals surface area contributed by atoms with Crippen molar-refractivity contribution in [2.75, 3.05) is 13.3 Å². The third-order valence-electron chi connectivity index (χ3n) is 4.97. The summed E-state index contributed by atoms with van der Waals surface area (Å²) in [6, 6.07) is 14.5. The predicted octanol–water partition coefficient (Wildman–Crippen LogP) is 4.20. The van der Waals surface area contributed by atoms with Crippen LogP contribution in [0.15, 0.2) is 70.7 Å². The van der Waals surface area contributed by atoms with Crippen molar-refractivity contribution >= 4 is 45.3 Å². The van der Waals surface area contributed by atoms with Gasteiger partial charge in [0.05, 0.1) is 17.7 Å². The highest BCUT2D eigenvalue weighted by molar-refractivity contribution is 7.89. The Hall–Kier alpha value is -3.18. The van der Waals surface area contributed by atoms with Crippen molar-refractivity contribution in [3.8, 4) is 11.5 Å². The van der Waals surface area contributed by atoms with Gasteiger partial charge in [-0.2, -0.15) is 9.41 Å². The molecule has 0 aliphatic carbocycles. The van der Waals surface area contributed by atoms with Gasteiger partial charge >= 0.3 is 0 Å². The molecule has 1 heterocycles. The molecule has 1 amide bonds. The molecule has 0 aromatic heterocycles. The molecular weight excluding hydrogens is 520 g/mol. The van der Waals surface area contributed by atoms with Gasteiger partial charge in [0.1, 0.15) is 5.82 Å². The summed E-state index contributed by atoms with van der Waals surface area (Å²) in [6.45, 7) is -1.000. The smallest absolute Gasteiger partial charge is 0.255 e. The summed E-state index contributed by atoms with van der Waals surface area (Å²) in [5.74, 6) is -0.301. The van der Waals surface area contributed by atoms with Gasteiger partial charge in [0.2, 0.25) is 16.8 Å². The molecule has 35 heavy (non-hydrogen) atoms. The number of fused-ring (bicyclic) bond motifs is 1. The number of hydrazone groups is 1. The van der Waals surface area contributed by atoms with Crippen LogP contribution in [-0.4, -0.2) is 38.2 Å². The normalized spacial score (nSPS) is 12.9. The van der Waals surface area contributed by atoms with E-state index in [1.165, 1.54) is 42.6 Å². The van der Waals surface area contributed by atoms with E-state index < -0.39 is 34.8 Å². The summed E-state index contributed by atoms with van der Waals surface area (Å²) in [6.07, 6.45) is 1.37. The number of hydrogen-bond acceptors (Lipinski definition) is 6. The number of halogens is 3. The summed E-state index contributed by atoms with van der Waals surface area (Å²) < 4.78 is 52.3. The van der Waals surface area contributed by atoms with E-state index in [-0.39, 0.29) is 22.3 Å². The second kappa shape index (κ2) is 10.6. The minimum atomic E-state index is -4.22. The third-order valence-corrected chi connectivity index (χ3v) is 7.38. The lowest BCUT2D eigenvalue weighted by Crippen LogP contribution is -2.39. The lowest BCUT2D eigenvalue weighted by atomic mass is 10.2. The van der Waals surface area contributed by atoms with Crippen LogP contribution in [0.5, 0.6) is 11.5 Å².